The van der Waals surface area contributed by atoms with Crippen LogP contribution in [0.15, 0.2) is 47.4 Å². The Bertz CT molecular complexity index is 641. The summed E-state index contributed by atoms with van der Waals surface area (Å²) in [7, 11) is 0. The molecule has 3 rings (SSSR count). The highest BCUT2D eigenvalue weighted by Gasteiger charge is 2.22. The zero-order valence-corrected chi connectivity index (χ0v) is 13.2. The average molecular weight is 301 g/mol. The number of fused-ring (bicyclic) bond motifs is 1. The molecule has 1 nitrogen and oxygen atoms in total. The van der Waals surface area contributed by atoms with Gasteiger partial charge in [-0.1, -0.05) is 30.3 Å². The Labute approximate surface area is 130 Å². The predicted octanol–water partition coefficient (Wildman–Crippen LogP) is 4.67. The van der Waals surface area contributed by atoms with E-state index in [1.165, 1.54) is 10.5 Å². The third-order valence-electron chi connectivity index (χ3n) is 4.17. The SMILES string of the molecule is Cc1ccc(C(C)NCC2CSc3ccccc32)cc1F. The first-order chi connectivity index (χ1) is 10.1. The summed E-state index contributed by atoms with van der Waals surface area (Å²) < 4.78 is 13.6. The molecule has 0 amide bonds. The quantitative estimate of drug-likeness (QED) is 0.880. The smallest absolute Gasteiger partial charge is 0.126 e. The molecule has 1 heterocycles. The second-order valence-corrected chi connectivity index (χ2v) is 6.75. The van der Waals surface area contributed by atoms with Gasteiger partial charge in [-0.2, -0.15) is 0 Å². The van der Waals surface area contributed by atoms with Crippen LogP contribution in [-0.2, 0) is 0 Å². The number of rotatable bonds is 4. The van der Waals surface area contributed by atoms with E-state index in [1.807, 2.05) is 23.9 Å². The first-order valence-corrected chi connectivity index (χ1v) is 8.35. The molecule has 2 aromatic carbocycles. The summed E-state index contributed by atoms with van der Waals surface area (Å²) in [4.78, 5) is 1.40. The standard InChI is InChI=1S/C18H20FNS/c1-12-7-8-14(9-17(12)19)13(2)20-10-15-11-21-18-6-4-3-5-16(15)18/h3-9,13,15,20H,10-11H2,1-2H3. The second-order valence-electron chi connectivity index (χ2n) is 5.68. The minimum absolute atomic E-state index is 0.122. The van der Waals surface area contributed by atoms with Crippen LogP contribution in [0.1, 0.15) is 35.6 Å². The van der Waals surface area contributed by atoms with Gasteiger partial charge >= 0.3 is 0 Å². The van der Waals surface area contributed by atoms with Crippen LogP contribution in [0.4, 0.5) is 4.39 Å². The summed E-state index contributed by atoms with van der Waals surface area (Å²) in [5, 5.41) is 3.55. The maximum absolute atomic E-state index is 13.6. The molecular formula is C18H20FNS. The molecule has 110 valence electrons. The third-order valence-corrected chi connectivity index (χ3v) is 5.42. The molecule has 2 aromatic rings. The van der Waals surface area contributed by atoms with Crippen molar-refractivity contribution in [2.24, 2.45) is 0 Å². The largest absolute Gasteiger partial charge is 0.310 e. The number of aryl methyl sites for hydroxylation is 1. The van der Waals surface area contributed by atoms with Crippen LogP contribution in [0.5, 0.6) is 0 Å². The number of thioether (sulfide) groups is 1. The Morgan fingerprint density at radius 2 is 2.10 bits per heavy atom. The van der Waals surface area contributed by atoms with Crippen LogP contribution in [-0.4, -0.2) is 12.3 Å². The Morgan fingerprint density at radius 3 is 2.90 bits per heavy atom. The van der Waals surface area contributed by atoms with E-state index in [4.69, 9.17) is 0 Å². The van der Waals surface area contributed by atoms with E-state index in [2.05, 4.69) is 36.5 Å². The molecule has 1 aliphatic heterocycles. The van der Waals surface area contributed by atoms with Gasteiger partial charge in [0.05, 0.1) is 0 Å². The number of hydrogen-bond donors (Lipinski definition) is 1. The van der Waals surface area contributed by atoms with E-state index in [1.54, 1.807) is 13.0 Å². The molecule has 1 aliphatic rings. The predicted molar refractivity (Wildman–Crippen MR) is 87.5 cm³/mol. The first-order valence-electron chi connectivity index (χ1n) is 7.36. The van der Waals surface area contributed by atoms with Gasteiger partial charge in [0.2, 0.25) is 0 Å². The van der Waals surface area contributed by atoms with E-state index < -0.39 is 0 Å². The van der Waals surface area contributed by atoms with Gasteiger partial charge in [0, 0.05) is 29.2 Å². The van der Waals surface area contributed by atoms with Crippen molar-refractivity contribution in [3.8, 4) is 0 Å². The summed E-state index contributed by atoms with van der Waals surface area (Å²) in [5.74, 6) is 1.55. The molecule has 2 atom stereocenters. The zero-order valence-electron chi connectivity index (χ0n) is 12.4. The van der Waals surface area contributed by atoms with Gasteiger partial charge in [-0.3, -0.25) is 0 Å². The second kappa shape index (κ2) is 6.20. The monoisotopic (exact) mass is 301 g/mol. The zero-order chi connectivity index (χ0) is 14.8. The van der Waals surface area contributed by atoms with Crippen LogP contribution in [0, 0.1) is 12.7 Å². The van der Waals surface area contributed by atoms with Crippen LogP contribution in [0.2, 0.25) is 0 Å². The van der Waals surface area contributed by atoms with E-state index >= 15 is 0 Å². The van der Waals surface area contributed by atoms with Gasteiger partial charge in [0.1, 0.15) is 5.82 Å². The molecule has 0 aromatic heterocycles. The fraction of sp³-hybridized carbons (Fsp3) is 0.333. The molecule has 0 radical (unpaired) electrons. The summed E-state index contributed by atoms with van der Waals surface area (Å²) in [6.07, 6.45) is 0. The summed E-state index contributed by atoms with van der Waals surface area (Å²) in [5.41, 5.74) is 3.15. The number of halogens is 1. The van der Waals surface area contributed by atoms with Gasteiger partial charge in [0.15, 0.2) is 0 Å². The average Bonchev–Trinajstić information content (AvgIpc) is 2.91. The van der Waals surface area contributed by atoms with Crippen molar-refractivity contribution < 1.29 is 4.39 Å². The lowest BCUT2D eigenvalue weighted by molar-refractivity contribution is 0.535. The minimum atomic E-state index is -0.122. The molecule has 0 spiro atoms. The van der Waals surface area contributed by atoms with E-state index in [-0.39, 0.29) is 11.9 Å². The van der Waals surface area contributed by atoms with Gasteiger partial charge < -0.3 is 5.32 Å². The van der Waals surface area contributed by atoms with E-state index in [9.17, 15) is 4.39 Å². The highest BCUT2D eigenvalue weighted by atomic mass is 32.2. The minimum Gasteiger partial charge on any atom is -0.310 e. The molecule has 0 bridgehead atoms. The van der Waals surface area contributed by atoms with Crippen LogP contribution >= 0.6 is 11.8 Å². The Morgan fingerprint density at radius 1 is 1.29 bits per heavy atom. The first kappa shape index (κ1) is 14.6. The molecule has 0 aliphatic carbocycles. The molecule has 0 saturated carbocycles. The molecule has 21 heavy (non-hydrogen) atoms. The lowest BCUT2D eigenvalue weighted by atomic mass is 10.00. The van der Waals surface area contributed by atoms with Gasteiger partial charge in [-0.15, -0.1) is 11.8 Å². The van der Waals surface area contributed by atoms with Crippen LogP contribution in [0.3, 0.4) is 0 Å². The van der Waals surface area contributed by atoms with Crippen LogP contribution in [0.25, 0.3) is 0 Å². The normalized spacial score (nSPS) is 18.5. The fourth-order valence-electron chi connectivity index (χ4n) is 2.71. The van der Waals surface area contributed by atoms with Crippen molar-refractivity contribution >= 4 is 11.8 Å². The van der Waals surface area contributed by atoms with Crippen molar-refractivity contribution in [3.05, 3.63) is 65.0 Å². The van der Waals surface area contributed by atoms with Crippen LogP contribution < -0.4 is 5.32 Å². The van der Waals surface area contributed by atoms with E-state index in [0.717, 1.165) is 17.9 Å². The van der Waals surface area contributed by atoms with Gasteiger partial charge in [-0.25, -0.2) is 4.39 Å². The molecule has 2 unspecified atom stereocenters. The molecule has 1 N–H and O–H groups in total. The highest BCUT2D eigenvalue weighted by Crippen LogP contribution is 2.39. The van der Waals surface area contributed by atoms with Crippen molar-refractivity contribution in [2.45, 2.75) is 30.7 Å². The number of benzene rings is 2. The maximum Gasteiger partial charge on any atom is 0.126 e. The maximum atomic E-state index is 13.6. The number of nitrogens with one attached hydrogen (secondary N) is 1. The molecular weight excluding hydrogens is 281 g/mol. The van der Waals surface area contributed by atoms with Crippen molar-refractivity contribution in [1.82, 2.24) is 5.32 Å². The Hall–Kier alpha value is -1.32. The molecule has 0 fully saturated rings. The van der Waals surface area contributed by atoms with E-state index in [0.29, 0.717) is 11.5 Å². The summed E-state index contributed by atoms with van der Waals surface area (Å²) >= 11 is 1.93. The fourth-order valence-corrected chi connectivity index (χ4v) is 3.97. The van der Waals surface area contributed by atoms with Crippen molar-refractivity contribution in [2.75, 3.05) is 12.3 Å². The lowest BCUT2D eigenvalue weighted by Gasteiger charge is -2.18. The lowest BCUT2D eigenvalue weighted by Crippen LogP contribution is -2.25. The highest BCUT2D eigenvalue weighted by molar-refractivity contribution is 7.99. The summed E-state index contributed by atoms with van der Waals surface area (Å²) in [6.45, 7) is 4.82. The summed E-state index contributed by atoms with van der Waals surface area (Å²) in [6, 6.07) is 14.3. The van der Waals surface area contributed by atoms with Crippen molar-refractivity contribution in [3.63, 3.8) is 0 Å². The molecule has 3 heteroatoms. The van der Waals surface area contributed by atoms with Gasteiger partial charge in [-0.05, 0) is 42.7 Å². The topological polar surface area (TPSA) is 12.0 Å². The number of hydrogen-bond acceptors (Lipinski definition) is 2. The Balaban J connectivity index is 1.64. The van der Waals surface area contributed by atoms with Crippen molar-refractivity contribution in [1.29, 1.82) is 0 Å². The molecule has 0 saturated heterocycles. The van der Waals surface area contributed by atoms with Gasteiger partial charge in [0.25, 0.3) is 0 Å². The Kier molecular flexibility index (Phi) is 4.32. The third kappa shape index (κ3) is 3.14.